The van der Waals surface area contributed by atoms with Crippen molar-refractivity contribution in [3.05, 3.63) is 24.3 Å². The van der Waals surface area contributed by atoms with Crippen molar-refractivity contribution < 1.29 is 9.59 Å². The monoisotopic (exact) mass is 338 g/mol. The van der Waals surface area contributed by atoms with Gasteiger partial charge in [0.05, 0.1) is 0 Å². The normalized spacial score (nSPS) is 13.5. The van der Waals surface area contributed by atoms with Crippen LogP contribution in [0.15, 0.2) is 24.3 Å². The Hall–Kier alpha value is -0.506. The fourth-order valence-electron chi connectivity index (χ4n) is 2.18. The highest BCUT2D eigenvalue weighted by Gasteiger charge is 2.25. The Morgan fingerprint density at radius 2 is 1.05 bits per heavy atom. The van der Waals surface area contributed by atoms with Gasteiger partial charge in [0.15, 0.2) is 0 Å². The van der Waals surface area contributed by atoms with Gasteiger partial charge in [0.25, 0.3) is 0 Å². The SMILES string of the molecule is C[Si](C)(O)c1cc2cc3sc([Si](C)(C)O)cc3cc2s1. The van der Waals surface area contributed by atoms with Gasteiger partial charge in [-0.1, -0.05) is 0 Å². The molecule has 0 unspecified atom stereocenters. The van der Waals surface area contributed by atoms with E-state index < -0.39 is 16.6 Å². The molecule has 3 rings (SSSR count). The van der Waals surface area contributed by atoms with Crippen molar-refractivity contribution in [2.24, 2.45) is 0 Å². The van der Waals surface area contributed by atoms with Gasteiger partial charge in [-0.3, -0.25) is 0 Å². The average Bonchev–Trinajstić information content (AvgIpc) is 2.85. The molecule has 0 saturated carbocycles. The number of hydrogen-bond donors (Lipinski definition) is 2. The third-order valence-electron chi connectivity index (χ3n) is 3.36. The highest BCUT2D eigenvalue weighted by molar-refractivity contribution is 7.32. The average molecular weight is 339 g/mol. The van der Waals surface area contributed by atoms with Gasteiger partial charge in [-0.25, -0.2) is 0 Å². The quantitative estimate of drug-likeness (QED) is 0.705. The second-order valence-corrected chi connectivity index (χ2v) is 16.5. The van der Waals surface area contributed by atoms with Gasteiger partial charge >= 0.3 is 0 Å². The molecule has 2 heterocycles. The van der Waals surface area contributed by atoms with Crippen LogP contribution >= 0.6 is 22.7 Å². The van der Waals surface area contributed by atoms with Crippen LogP contribution in [0.25, 0.3) is 20.2 Å². The van der Waals surface area contributed by atoms with Gasteiger partial charge in [0.2, 0.25) is 16.6 Å². The third-order valence-corrected chi connectivity index (χ3v) is 11.5. The van der Waals surface area contributed by atoms with E-state index in [1.165, 1.54) is 20.2 Å². The standard InChI is InChI=1S/C14H18O2S2Si2/c1-19(2,15)13-7-9-5-12-10(6-11(9)17-13)8-14(18-12)20(3,4)16/h5-8,15-16H,1-4H3. The number of hydrogen-bond acceptors (Lipinski definition) is 4. The lowest BCUT2D eigenvalue weighted by molar-refractivity contribution is 0.568. The molecule has 0 atom stereocenters. The Morgan fingerprint density at radius 1 is 0.700 bits per heavy atom. The van der Waals surface area contributed by atoms with Crippen molar-refractivity contribution in [1.29, 1.82) is 0 Å². The van der Waals surface area contributed by atoms with Crippen molar-refractivity contribution in [3.8, 4) is 0 Å². The molecule has 0 amide bonds. The van der Waals surface area contributed by atoms with Crippen LogP contribution in [0.2, 0.25) is 26.2 Å². The minimum atomic E-state index is -2.22. The Morgan fingerprint density at radius 3 is 1.35 bits per heavy atom. The molecule has 0 aliphatic rings. The summed E-state index contributed by atoms with van der Waals surface area (Å²) in [5.74, 6) is 0. The summed E-state index contributed by atoms with van der Waals surface area (Å²) in [7, 11) is -4.45. The van der Waals surface area contributed by atoms with Gasteiger partial charge in [-0.05, 0) is 61.2 Å². The van der Waals surface area contributed by atoms with Gasteiger partial charge in [0, 0.05) is 18.4 Å². The molecule has 0 aliphatic carbocycles. The smallest absolute Gasteiger partial charge is 0.224 e. The van der Waals surface area contributed by atoms with Crippen LogP contribution in [0.3, 0.4) is 0 Å². The summed E-state index contributed by atoms with van der Waals surface area (Å²) < 4.78 is 4.71. The van der Waals surface area contributed by atoms with Crippen LogP contribution in [-0.2, 0) is 0 Å². The summed E-state index contributed by atoms with van der Waals surface area (Å²) in [5.41, 5.74) is 0. The molecule has 2 nitrogen and oxygen atoms in total. The molecule has 20 heavy (non-hydrogen) atoms. The highest BCUT2D eigenvalue weighted by Crippen LogP contribution is 2.30. The molecule has 2 aromatic heterocycles. The minimum Gasteiger partial charge on any atom is -0.427 e. The summed E-state index contributed by atoms with van der Waals surface area (Å²) in [4.78, 5) is 20.5. The zero-order chi connectivity index (χ0) is 14.7. The minimum absolute atomic E-state index is 1.13. The summed E-state index contributed by atoms with van der Waals surface area (Å²) >= 11 is 3.40. The maximum atomic E-state index is 10.3. The zero-order valence-corrected chi connectivity index (χ0v) is 15.7. The predicted molar refractivity (Wildman–Crippen MR) is 95.9 cm³/mol. The summed E-state index contributed by atoms with van der Waals surface area (Å²) in [5, 5.41) is 2.41. The summed E-state index contributed by atoms with van der Waals surface area (Å²) in [6, 6.07) is 8.65. The molecule has 0 aliphatic heterocycles. The first kappa shape index (κ1) is 14.4. The second kappa shape index (κ2) is 4.49. The molecule has 3 aromatic rings. The highest BCUT2D eigenvalue weighted by atomic mass is 32.1. The Bertz CT molecular complexity index is 676. The zero-order valence-electron chi connectivity index (χ0n) is 12.0. The first-order valence-corrected chi connectivity index (χ1v) is 14.1. The largest absolute Gasteiger partial charge is 0.427 e. The van der Waals surface area contributed by atoms with Crippen molar-refractivity contribution in [1.82, 2.24) is 0 Å². The van der Waals surface area contributed by atoms with Gasteiger partial charge in [-0.2, -0.15) is 0 Å². The lowest BCUT2D eigenvalue weighted by Crippen LogP contribution is -2.39. The van der Waals surface area contributed by atoms with Crippen molar-refractivity contribution in [2.45, 2.75) is 26.2 Å². The van der Waals surface area contributed by atoms with E-state index in [1.54, 1.807) is 22.7 Å². The lowest BCUT2D eigenvalue weighted by atomic mass is 10.2. The molecule has 6 heteroatoms. The van der Waals surface area contributed by atoms with Crippen LogP contribution in [-0.4, -0.2) is 26.2 Å². The maximum Gasteiger partial charge on any atom is 0.224 e. The molecule has 0 bridgehead atoms. The predicted octanol–water partition coefficient (Wildman–Crippen LogP) is 2.92. The molecule has 2 N–H and O–H groups in total. The van der Waals surface area contributed by atoms with E-state index in [2.05, 4.69) is 24.3 Å². The van der Waals surface area contributed by atoms with Gasteiger partial charge < -0.3 is 9.59 Å². The maximum absolute atomic E-state index is 10.3. The third kappa shape index (κ3) is 2.52. The van der Waals surface area contributed by atoms with Crippen LogP contribution in [0.4, 0.5) is 0 Å². The molecule has 0 saturated heterocycles. The fourth-order valence-corrected chi connectivity index (χ4v) is 7.54. The second-order valence-electron chi connectivity index (χ2n) is 6.27. The number of rotatable bonds is 2. The molecule has 0 radical (unpaired) electrons. The van der Waals surface area contributed by atoms with E-state index in [-0.39, 0.29) is 0 Å². The van der Waals surface area contributed by atoms with Crippen molar-refractivity contribution in [3.63, 3.8) is 0 Å². The van der Waals surface area contributed by atoms with E-state index in [1.807, 2.05) is 26.2 Å². The van der Waals surface area contributed by atoms with Crippen LogP contribution in [0, 0.1) is 0 Å². The van der Waals surface area contributed by atoms with E-state index in [9.17, 15) is 9.59 Å². The molecular weight excluding hydrogens is 320 g/mol. The topological polar surface area (TPSA) is 40.5 Å². The summed E-state index contributed by atoms with van der Waals surface area (Å²) in [6.07, 6.45) is 0. The Kier molecular flexibility index (Phi) is 3.24. The van der Waals surface area contributed by atoms with Crippen molar-refractivity contribution in [2.75, 3.05) is 0 Å². The molecule has 0 fully saturated rings. The van der Waals surface area contributed by atoms with Crippen molar-refractivity contribution >= 4 is 68.5 Å². The molecule has 106 valence electrons. The van der Waals surface area contributed by atoms with E-state index >= 15 is 0 Å². The fraction of sp³-hybridized carbons (Fsp3) is 0.286. The first-order valence-electron chi connectivity index (χ1n) is 6.57. The first-order chi connectivity index (χ1) is 9.14. The number of fused-ring (bicyclic) bond motifs is 2. The van der Waals surface area contributed by atoms with E-state index in [0.29, 0.717) is 0 Å². The van der Waals surface area contributed by atoms with E-state index in [0.717, 1.165) is 9.00 Å². The molecule has 0 spiro atoms. The Labute approximate surface area is 128 Å². The molecular formula is C14H18O2S2Si2. The molecule has 1 aromatic carbocycles. The Balaban J connectivity index is 2.20. The lowest BCUT2D eigenvalue weighted by Gasteiger charge is -2.09. The van der Waals surface area contributed by atoms with Crippen LogP contribution < -0.4 is 9.00 Å². The summed E-state index contributed by atoms with van der Waals surface area (Å²) in [6.45, 7) is 7.83. The van der Waals surface area contributed by atoms with Crippen LogP contribution in [0.1, 0.15) is 0 Å². The van der Waals surface area contributed by atoms with E-state index in [4.69, 9.17) is 0 Å². The van der Waals surface area contributed by atoms with Gasteiger partial charge in [0.1, 0.15) is 0 Å². The van der Waals surface area contributed by atoms with Gasteiger partial charge in [-0.15, -0.1) is 22.7 Å². The number of benzene rings is 1. The number of thiophene rings is 2. The van der Waals surface area contributed by atoms with Crippen LogP contribution in [0.5, 0.6) is 0 Å².